The number of nitrogens with zero attached hydrogens (tertiary/aromatic N) is 3. The number of hydrogen-bond donors (Lipinski definition) is 0. The second-order valence-corrected chi connectivity index (χ2v) is 3.51. The van der Waals surface area contributed by atoms with Gasteiger partial charge in [0.15, 0.2) is 0 Å². The highest BCUT2D eigenvalue weighted by Gasteiger charge is 2.17. The third-order valence-electron chi connectivity index (χ3n) is 2.23. The molecule has 1 heterocycles. The molecule has 0 atom stereocenters. The van der Waals surface area contributed by atoms with E-state index >= 15 is 0 Å². The minimum absolute atomic E-state index is 0.00185. The summed E-state index contributed by atoms with van der Waals surface area (Å²) in [7, 11) is 1.41. The molecule has 0 aliphatic rings. The maximum absolute atomic E-state index is 11.8. The maximum Gasteiger partial charge on any atom is 0.284 e. The summed E-state index contributed by atoms with van der Waals surface area (Å²) in [4.78, 5) is 25.9. The topological polar surface area (TPSA) is 78.0 Å². The van der Waals surface area contributed by atoms with Gasteiger partial charge in [0.25, 0.3) is 11.2 Å². The summed E-state index contributed by atoms with van der Waals surface area (Å²) in [5.41, 5.74) is -0.563. The highest BCUT2D eigenvalue weighted by atomic mass is 35.5. The largest absolute Gasteiger partial charge is 0.286 e. The van der Waals surface area contributed by atoms with Gasteiger partial charge in [-0.05, 0) is 17.7 Å². The van der Waals surface area contributed by atoms with E-state index in [4.69, 9.17) is 11.6 Å². The quantitative estimate of drug-likeness (QED) is 0.429. The molecule has 82 valence electrons. The van der Waals surface area contributed by atoms with E-state index < -0.39 is 10.5 Å². The second kappa shape index (κ2) is 3.57. The van der Waals surface area contributed by atoms with Gasteiger partial charge in [-0.15, -0.1) is 0 Å². The monoisotopic (exact) mass is 239 g/mol. The van der Waals surface area contributed by atoms with Crippen LogP contribution in [0.2, 0.25) is 5.28 Å². The highest BCUT2D eigenvalue weighted by molar-refractivity contribution is 6.28. The molecule has 1 aromatic carbocycles. The maximum atomic E-state index is 11.8. The third-order valence-corrected chi connectivity index (χ3v) is 2.56. The van der Waals surface area contributed by atoms with Gasteiger partial charge in [-0.1, -0.05) is 6.07 Å². The zero-order chi connectivity index (χ0) is 11.9. The van der Waals surface area contributed by atoms with Crippen LogP contribution in [0.1, 0.15) is 0 Å². The van der Waals surface area contributed by atoms with E-state index in [1.54, 1.807) is 0 Å². The van der Waals surface area contributed by atoms with Crippen LogP contribution in [0.25, 0.3) is 10.9 Å². The summed E-state index contributed by atoms with van der Waals surface area (Å²) in [5.74, 6) is 0. The second-order valence-electron chi connectivity index (χ2n) is 3.17. The Kier molecular flexibility index (Phi) is 2.35. The lowest BCUT2D eigenvalue weighted by Gasteiger charge is -2.03. The van der Waals surface area contributed by atoms with Gasteiger partial charge in [0.1, 0.15) is 5.39 Å². The Labute approximate surface area is 94.2 Å². The van der Waals surface area contributed by atoms with Crippen molar-refractivity contribution < 1.29 is 4.92 Å². The van der Waals surface area contributed by atoms with Gasteiger partial charge >= 0.3 is 0 Å². The fourth-order valence-electron chi connectivity index (χ4n) is 1.42. The van der Waals surface area contributed by atoms with Gasteiger partial charge in [-0.2, -0.15) is 0 Å². The zero-order valence-electron chi connectivity index (χ0n) is 8.18. The number of benzene rings is 1. The van der Waals surface area contributed by atoms with E-state index in [9.17, 15) is 14.9 Å². The summed E-state index contributed by atoms with van der Waals surface area (Å²) in [6.45, 7) is 0. The standard InChI is InChI=1S/C9H6ClN3O3/c1-12-8(14)7-5(11-9(12)10)3-2-4-6(7)13(15)16/h2-4H,1H3. The molecule has 0 N–H and O–H groups in total. The number of nitro benzene ring substituents is 1. The fraction of sp³-hybridized carbons (Fsp3) is 0.111. The minimum atomic E-state index is -0.612. The fourth-order valence-corrected chi connectivity index (χ4v) is 1.59. The minimum Gasteiger partial charge on any atom is -0.286 e. The molecule has 0 saturated carbocycles. The molecule has 0 spiro atoms. The van der Waals surface area contributed by atoms with E-state index in [0.29, 0.717) is 0 Å². The van der Waals surface area contributed by atoms with Crippen molar-refractivity contribution in [1.82, 2.24) is 9.55 Å². The predicted molar refractivity (Wildman–Crippen MR) is 58.6 cm³/mol. The first-order valence-electron chi connectivity index (χ1n) is 4.32. The number of hydrogen-bond acceptors (Lipinski definition) is 4. The Balaban J connectivity index is 3.04. The van der Waals surface area contributed by atoms with Gasteiger partial charge in [0, 0.05) is 13.1 Å². The SMILES string of the molecule is Cn1c(Cl)nc2cccc([N+](=O)[O-])c2c1=O. The van der Waals surface area contributed by atoms with E-state index in [-0.39, 0.29) is 21.9 Å². The van der Waals surface area contributed by atoms with E-state index in [0.717, 1.165) is 4.57 Å². The molecule has 0 aliphatic heterocycles. The molecule has 0 fully saturated rings. The lowest BCUT2D eigenvalue weighted by molar-refractivity contribution is -0.383. The average molecular weight is 240 g/mol. The molecule has 2 aromatic rings. The van der Waals surface area contributed by atoms with Crippen molar-refractivity contribution in [2.24, 2.45) is 7.05 Å². The van der Waals surface area contributed by atoms with Crippen LogP contribution in [0.3, 0.4) is 0 Å². The zero-order valence-corrected chi connectivity index (χ0v) is 8.93. The first-order chi connectivity index (χ1) is 7.52. The molecule has 6 nitrogen and oxygen atoms in total. The molecule has 0 amide bonds. The van der Waals surface area contributed by atoms with Crippen LogP contribution in [-0.2, 0) is 7.05 Å². The molecule has 0 saturated heterocycles. The van der Waals surface area contributed by atoms with E-state index in [1.165, 1.54) is 25.2 Å². The Morgan fingerprint density at radius 2 is 2.19 bits per heavy atom. The summed E-state index contributed by atoms with van der Waals surface area (Å²) in [6.07, 6.45) is 0. The van der Waals surface area contributed by atoms with E-state index in [1.807, 2.05) is 0 Å². The molecule has 2 rings (SSSR count). The predicted octanol–water partition coefficient (Wildman–Crippen LogP) is 1.50. The normalized spacial score (nSPS) is 10.6. The average Bonchev–Trinajstić information content (AvgIpc) is 2.25. The van der Waals surface area contributed by atoms with Crippen LogP contribution in [0.5, 0.6) is 0 Å². The molecular formula is C9H6ClN3O3. The summed E-state index contributed by atoms with van der Waals surface area (Å²) >= 11 is 5.71. The van der Waals surface area contributed by atoms with Crippen molar-refractivity contribution in [1.29, 1.82) is 0 Å². The Bertz CT molecular complexity index is 650. The van der Waals surface area contributed by atoms with Gasteiger partial charge < -0.3 is 0 Å². The number of aromatic nitrogens is 2. The number of nitro groups is 1. The van der Waals surface area contributed by atoms with E-state index in [2.05, 4.69) is 4.98 Å². The summed E-state index contributed by atoms with van der Waals surface area (Å²) < 4.78 is 1.07. The van der Waals surface area contributed by atoms with Crippen molar-refractivity contribution in [2.45, 2.75) is 0 Å². The number of rotatable bonds is 1. The first kappa shape index (κ1) is 10.6. The number of halogens is 1. The molecule has 0 aliphatic carbocycles. The van der Waals surface area contributed by atoms with Crippen LogP contribution in [0.4, 0.5) is 5.69 Å². The van der Waals surface area contributed by atoms with Crippen LogP contribution in [0, 0.1) is 10.1 Å². The summed E-state index contributed by atoms with van der Waals surface area (Å²) in [5, 5.41) is 10.7. The molecular weight excluding hydrogens is 234 g/mol. The van der Waals surface area contributed by atoms with Crippen LogP contribution >= 0.6 is 11.6 Å². The number of non-ortho nitro benzene ring substituents is 1. The highest BCUT2D eigenvalue weighted by Crippen LogP contribution is 2.21. The molecule has 16 heavy (non-hydrogen) atoms. The summed E-state index contributed by atoms with van der Waals surface area (Å²) in [6, 6.07) is 4.23. The molecule has 1 aromatic heterocycles. The number of fused-ring (bicyclic) bond motifs is 1. The van der Waals surface area contributed by atoms with Gasteiger partial charge in [-0.3, -0.25) is 19.5 Å². The van der Waals surface area contributed by atoms with Crippen molar-refractivity contribution in [2.75, 3.05) is 0 Å². The Morgan fingerprint density at radius 3 is 2.81 bits per heavy atom. The molecule has 0 unspecified atom stereocenters. The van der Waals surface area contributed by atoms with Crippen molar-refractivity contribution in [3.63, 3.8) is 0 Å². The van der Waals surface area contributed by atoms with Crippen LogP contribution in [0.15, 0.2) is 23.0 Å². The Hall–Kier alpha value is -1.95. The lowest BCUT2D eigenvalue weighted by Crippen LogP contribution is -2.19. The third kappa shape index (κ3) is 1.43. The van der Waals surface area contributed by atoms with Crippen LogP contribution < -0.4 is 5.56 Å². The van der Waals surface area contributed by atoms with Crippen molar-refractivity contribution in [3.05, 3.63) is 44.0 Å². The smallest absolute Gasteiger partial charge is 0.284 e. The Morgan fingerprint density at radius 1 is 1.50 bits per heavy atom. The first-order valence-corrected chi connectivity index (χ1v) is 4.70. The molecule has 0 bridgehead atoms. The van der Waals surface area contributed by atoms with Crippen molar-refractivity contribution in [3.8, 4) is 0 Å². The molecule has 0 radical (unpaired) electrons. The molecule has 7 heteroatoms. The van der Waals surface area contributed by atoms with Gasteiger partial charge in [0.05, 0.1) is 10.4 Å². The van der Waals surface area contributed by atoms with Gasteiger partial charge in [-0.25, -0.2) is 4.98 Å². The van der Waals surface area contributed by atoms with Crippen LogP contribution in [-0.4, -0.2) is 14.5 Å². The van der Waals surface area contributed by atoms with Crippen molar-refractivity contribution >= 4 is 28.2 Å². The van der Waals surface area contributed by atoms with Gasteiger partial charge in [0.2, 0.25) is 5.28 Å². The lowest BCUT2D eigenvalue weighted by atomic mass is 10.2.